The zero-order valence-corrected chi connectivity index (χ0v) is 9.56. The number of hydrogen-bond acceptors (Lipinski definition) is 2. The third-order valence-corrected chi connectivity index (χ3v) is 2.30. The number of rotatable bonds is 5. The molecule has 1 N–H and O–H groups in total. The van der Waals surface area contributed by atoms with E-state index >= 15 is 0 Å². The number of benzene rings is 1. The third kappa shape index (κ3) is 3.51. The van der Waals surface area contributed by atoms with Crippen LogP contribution in [0.25, 0.3) is 0 Å². The highest BCUT2D eigenvalue weighted by molar-refractivity contribution is 5.87. The highest BCUT2D eigenvalue weighted by atomic mass is 16.5. The van der Waals surface area contributed by atoms with Gasteiger partial charge < -0.3 is 9.84 Å². The third-order valence-electron chi connectivity index (χ3n) is 2.30. The van der Waals surface area contributed by atoms with E-state index in [0.29, 0.717) is 18.8 Å². The fraction of sp³-hybridized carbons (Fsp3) is 0.308. The molecule has 86 valence electrons. The molecule has 0 unspecified atom stereocenters. The second kappa shape index (κ2) is 6.08. The summed E-state index contributed by atoms with van der Waals surface area (Å²) in [4.78, 5) is 10.7. The number of allylic oxidation sites excluding steroid dienone is 1. The first-order valence-electron chi connectivity index (χ1n) is 5.17. The monoisotopic (exact) mass is 220 g/mol. The largest absolute Gasteiger partial charge is 0.478 e. The van der Waals surface area contributed by atoms with E-state index in [9.17, 15) is 4.79 Å². The summed E-state index contributed by atoms with van der Waals surface area (Å²) in [5, 5.41) is 8.81. The van der Waals surface area contributed by atoms with Gasteiger partial charge in [0.05, 0.1) is 18.8 Å². The van der Waals surface area contributed by atoms with E-state index in [1.165, 1.54) is 0 Å². The maximum Gasteiger partial charge on any atom is 0.335 e. The van der Waals surface area contributed by atoms with E-state index in [1.54, 1.807) is 18.2 Å². The Morgan fingerprint density at radius 3 is 2.81 bits per heavy atom. The Labute approximate surface area is 95.4 Å². The van der Waals surface area contributed by atoms with Crippen molar-refractivity contribution in [3.8, 4) is 0 Å². The molecule has 0 radical (unpaired) electrons. The molecule has 0 heterocycles. The number of carboxylic acid groups (broad SMARTS) is 1. The molecule has 3 nitrogen and oxygen atoms in total. The van der Waals surface area contributed by atoms with Gasteiger partial charge >= 0.3 is 5.97 Å². The predicted molar refractivity (Wildman–Crippen MR) is 62.6 cm³/mol. The van der Waals surface area contributed by atoms with Crippen molar-refractivity contribution in [2.24, 2.45) is 0 Å². The molecule has 16 heavy (non-hydrogen) atoms. The first-order chi connectivity index (χ1) is 7.65. The van der Waals surface area contributed by atoms with Gasteiger partial charge in [-0.05, 0) is 37.1 Å². The lowest BCUT2D eigenvalue weighted by Crippen LogP contribution is -2.00. The minimum atomic E-state index is -0.899. The lowest BCUT2D eigenvalue weighted by atomic mass is 10.1. The van der Waals surface area contributed by atoms with Crippen LogP contribution in [0, 0.1) is 6.92 Å². The Hall–Kier alpha value is -1.61. The Balaban J connectivity index is 2.64. The molecule has 0 aliphatic rings. The highest BCUT2D eigenvalue weighted by Crippen LogP contribution is 2.12. The van der Waals surface area contributed by atoms with E-state index in [2.05, 4.69) is 0 Å². The van der Waals surface area contributed by atoms with E-state index in [1.807, 2.05) is 26.0 Å². The van der Waals surface area contributed by atoms with Gasteiger partial charge in [-0.2, -0.15) is 0 Å². The van der Waals surface area contributed by atoms with Crippen molar-refractivity contribution in [1.29, 1.82) is 0 Å². The fourth-order valence-electron chi connectivity index (χ4n) is 1.32. The molecule has 0 bridgehead atoms. The average molecular weight is 220 g/mol. The highest BCUT2D eigenvalue weighted by Gasteiger charge is 2.05. The zero-order valence-electron chi connectivity index (χ0n) is 9.56. The minimum absolute atomic E-state index is 0.315. The van der Waals surface area contributed by atoms with Gasteiger partial charge in [0.2, 0.25) is 0 Å². The second-order valence-electron chi connectivity index (χ2n) is 3.53. The Kier molecular flexibility index (Phi) is 4.73. The van der Waals surface area contributed by atoms with E-state index in [4.69, 9.17) is 9.84 Å². The van der Waals surface area contributed by atoms with Crippen LogP contribution >= 0.6 is 0 Å². The van der Waals surface area contributed by atoms with Gasteiger partial charge in [0.1, 0.15) is 0 Å². The van der Waals surface area contributed by atoms with Gasteiger partial charge in [0.15, 0.2) is 0 Å². The molecular weight excluding hydrogens is 204 g/mol. The Bertz CT molecular complexity index is 394. The van der Waals surface area contributed by atoms with E-state index in [-0.39, 0.29) is 0 Å². The molecule has 0 saturated heterocycles. The molecule has 1 aromatic rings. The topological polar surface area (TPSA) is 46.5 Å². The quantitative estimate of drug-likeness (QED) is 0.613. The van der Waals surface area contributed by atoms with Crippen LogP contribution in [0.15, 0.2) is 30.4 Å². The van der Waals surface area contributed by atoms with Gasteiger partial charge in [-0.1, -0.05) is 18.2 Å². The Morgan fingerprint density at radius 2 is 2.25 bits per heavy atom. The van der Waals surface area contributed by atoms with Crippen LogP contribution in [-0.2, 0) is 11.3 Å². The normalized spacial score (nSPS) is 10.9. The molecule has 0 fully saturated rings. The van der Waals surface area contributed by atoms with E-state index < -0.39 is 5.97 Å². The van der Waals surface area contributed by atoms with Crippen LogP contribution in [0.1, 0.15) is 28.4 Å². The number of carboxylic acids is 1. The van der Waals surface area contributed by atoms with Crippen molar-refractivity contribution in [2.75, 3.05) is 6.61 Å². The summed E-state index contributed by atoms with van der Waals surface area (Å²) in [6.07, 6.45) is 3.86. The van der Waals surface area contributed by atoms with Crippen LogP contribution in [-0.4, -0.2) is 17.7 Å². The van der Waals surface area contributed by atoms with Crippen molar-refractivity contribution in [3.63, 3.8) is 0 Å². The lowest BCUT2D eigenvalue weighted by Gasteiger charge is -2.06. The van der Waals surface area contributed by atoms with Gasteiger partial charge in [-0.25, -0.2) is 4.79 Å². The summed E-state index contributed by atoms with van der Waals surface area (Å²) in [6.45, 7) is 4.92. The SMILES string of the molecule is C/C=C/COCc1ccc(C(=O)O)cc1C. The van der Waals surface area contributed by atoms with Crippen molar-refractivity contribution in [3.05, 3.63) is 47.0 Å². The summed E-state index contributed by atoms with van der Waals surface area (Å²) < 4.78 is 5.41. The maximum atomic E-state index is 10.7. The molecule has 0 amide bonds. The summed E-state index contributed by atoms with van der Waals surface area (Å²) in [7, 11) is 0. The van der Waals surface area contributed by atoms with Crippen LogP contribution < -0.4 is 0 Å². The standard InChI is InChI=1S/C13H16O3/c1-3-4-7-16-9-12-6-5-11(13(14)15)8-10(12)2/h3-6,8H,7,9H2,1-2H3,(H,14,15)/b4-3+. The second-order valence-corrected chi connectivity index (χ2v) is 3.53. The number of ether oxygens (including phenoxy) is 1. The van der Waals surface area contributed by atoms with Crippen molar-refractivity contribution < 1.29 is 14.6 Å². The number of carbonyl (C=O) groups is 1. The first-order valence-corrected chi connectivity index (χ1v) is 5.17. The van der Waals surface area contributed by atoms with Gasteiger partial charge in [-0.15, -0.1) is 0 Å². The molecule has 0 spiro atoms. The van der Waals surface area contributed by atoms with Crippen molar-refractivity contribution >= 4 is 5.97 Å². The summed E-state index contributed by atoms with van der Waals surface area (Å²) >= 11 is 0. The van der Waals surface area contributed by atoms with Crippen LogP contribution in [0.3, 0.4) is 0 Å². The van der Waals surface area contributed by atoms with Crippen molar-refractivity contribution in [1.82, 2.24) is 0 Å². The van der Waals surface area contributed by atoms with Crippen LogP contribution in [0.5, 0.6) is 0 Å². The molecule has 3 heteroatoms. The number of aromatic carboxylic acids is 1. The van der Waals surface area contributed by atoms with E-state index in [0.717, 1.165) is 11.1 Å². The lowest BCUT2D eigenvalue weighted by molar-refractivity contribution is 0.0696. The zero-order chi connectivity index (χ0) is 12.0. The summed E-state index contributed by atoms with van der Waals surface area (Å²) in [5.41, 5.74) is 2.28. The number of aryl methyl sites for hydroxylation is 1. The first kappa shape index (κ1) is 12.5. The molecule has 0 aromatic heterocycles. The smallest absolute Gasteiger partial charge is 0.335 e. The fourth-order valence-corrected chi connectivity index (χ4v) is 1.32. The average Bonchev–Trinajstić information content (AvgIpc) is 2.26. The van der Waals surface area contributed by atoms with Gasteiger partial charge in [-0.3, -0.25) is 0 Å². The molecular formula is C13H16O3. The maximum absolute atomic E-state index is 10.7. The number of hydrogen-bond donors (Lipinski definition) is 1. The molecule has 0 aliphatic heterocycles. The molecule has 1 rings (SSSR count). The minimum Gasteiger partial charge on any atom is -0.478 e. The van der Waals surface area contributed by atoms with Gasteiger partial charge in [0.25, 0.3) is 0 Å². The molecule has 0 aliphatic carbocycles. The van der Waals surface area contributed by atoms with Crippen molar-refractivity contribution in [2.45, 2.75) is 20.5 Å². The van der Waals surface area contributed by atoms with Gasteiger partial charge in [0, 0.05) is 0 Å². The molecule has 1 aromatic carbocycles. The molecule has 0 saturated carbocycles. The summed E-state index contributed by atoms with van der Waals surface area (Å²) in [5.74, 6) is -0.899. The van der Waals surface area contributed by atoms with Crippen LogP contribution in [0.4, 0.5) is 0 Å². The molecule has 0 atom stereocenters. The Morgan fingerprint density at radius 1 is 1.50 bits per heavy atom. The summed E-state index contributed by atoms with van der Waals surface area (Å²) in [6, 6.07) is 5.06. The van der Waals surface area contributed by atoms with Crippen LogP contribution in [0.2, 0.25) is 0 Å². The predicted octanol–water partition coefficient (Wildman–Crippen LogP) is 2.79.